The number of aryl methyl sites for hydroxylation is 1. The van der Waals surface area contributed by atoms with E-state index in [-0.39, 0.29) is 11.9 Å². The Morgan fingerprint density at radius 3 is 3.20 bits per heavy atom. The van der Waals surface area contributed by atoms with Crippen molar-refractivity contribution in [1.82, 2.24) is 15.1 Å². The van der Waals surface area contributed by atoms with Gasteiger partial charge in [0.1, 0.15) is 5.82 Å². The standard InChI is InChI=1S/C15H18FN3S/c1-2-19-12(5-7-18-19)10-17-14-6-8-20-15-4-3-11(16)9-13(14)15/h3-5,7,9,14,17H,2,6,8,10H2,1H3. The molecule has 0 bridgehead atoms. The predicted molar refractivity (Wildman–Crippen MR) is 79.2 cm³/mol. The molecule has 5 heteroatoms. The van der Waals surface area contributed by atoms with Gasteiger partial charge < -0.3 is 5.32 Å². The molecule has 1 aromatic heterocycles. The summed E-state index contributed by atoms with van der Waals surface area (Å²) in [5.74, 6) is 0.917. The van der Waals surface area contributed by atoms with Gasteiger partial charge in [-0.1, -0.05) is 0 Å². The summed E-state index contributed by atoms with van der Waals surface area (Å²) in [5, 5.41) is 7.81. The molecule has 0 aliphatic carbocycles. The quantitative estimate of drug-likeness (QED) is 0.936. The van der Waals surface area contributed by atoms with E-state index in [1.54, 1.807) is 12.1 Å². The fraction of sp³-hybridized carbons (Fsp3) is 0.400. The van der Waals surface area contributed by atoms with Crippen LogP contribution in [0.1, 0.15) is 30.6 Å². The largest absolute Gasteiger partial charge is 0.304 e. The summed E-state index contributed by atoms with van der Waals surface area (Å²) in [4.78, 5) is 1.19. The van der Waals surface area contributed by atoms with E-state index in [0.29, 0.717) is 0 Å². The molecule has 1 aromatic carbocycles. The summed E-state index contributed by atoms with van der Waals surface area (Å²) >= 11 is 1.81. The molecule has 2 heterocycles. The van der Waals surface area contributed by atoms with E-state index < -0.39 is 0 Å². The normalized spacial score (nSPS) is 18.0. The molecule has 1 unspecified atom stereocenters. The van der Waals surface area contributed by atoms with Gasteiger partial charge in [0.2, 0.25) is 0 Å². The molecule has 2 aromatic rings. The molecule has 1 aliphatic rings. The van der Waals surface area contributed by atoms with Gasteiger partial charge in [0, 0.05) is 30.2 Å². The van der Waals surface area contributed by atoms with Crippen LogP contribution in [0.15, 0.2) is 35.4 Å². The lowest BCUT2D eigenvalue weighted by Gasteiger charge is -2.26. The third-order valence-electron chi connectivity index (χ3n) is 3.64. The van der Waals surface area contributed by atoms with E-state index in [1.165, 1.54) is 10.6 Å². The second-order valence-corrected chi connectivity index (χ2v) is 6.03. The molecule has 3 rings (SSSR count). The van der Waals surface area contributed by atoms with Crippen molar-refractivity contribution in [3.8, 4) is 0 Å². The van der Waals surface area contributed by atoms with Crippen molar-refractivity contribution in [3.05, 3.63) is 47.5 Å². The second-order valence-electron chi connectivity index (χ2n) is 4.89. The zero-order chi connectivity index (χ0) is 13.9. The average molecular weight is 291 g/mol. The van der Waals surface area contributed by atoms with Crippen LogP contribution in [0.2, 0.25) is 0 Å². The molecule has 106 valence electrons. The van der Waals surface area contributed by atoms with E-state index >= 15 is 0 Å². The van der Waals surface area contributed by atoms with Gasteiger partial charge in [-0.25, -0.2) is 4.39 Å². The van der Waals surface area contributed by atoms with Gasteiger partial charge in [0.15, 0.2) is 0 Å². The highest BCUT2D eigenvalue weighted by molar-refractivity contribution is 7.99. The molecule has 0 saturated heterocycles. The topological polar surface area (TPSA) is 29.9 Å². The Labute approximate surface area is 122 Å². The number of benzene rings is 1. The first kappa shape index (κ1) is 13.6. The molecular weight excluding hydrogens is 273 g/mol. The van der Waals surface area contributed by atoms with Crippen LogP contribution in [-0.2, 0) is 13.1 Å². The number of rotatable bonds is 4. The van der Waals surface area contributed by atoms with Crippen LogP contribution in [0, 0.1) is 5.82 Å². The van der Waals surface area contributed by atoms with Crippen LogP contribution in [-0.4, -0.2) is 15.5 Å². The molecule has 1 aliphatic heterocycles. The smallest absolute Gasteiger partial charge is 0.123 e. The minimum atomic E-state index is -0.156. The zero-order valence-electron chi connectivity index (χ0n) is 11.5. The van der Waals surface area contributed by atoms with E-state index in [1.807, 2.05) is 34.8 Å². The predicted octanol–water partition coefficient (Wildman–Crippen LogP) is 3.37. The average Bonchev–Trinajstić information content (AvgIpc) is 2.92. The minimum absolute atomic E-state index is 0.156. The Balaban J connectivity index is 1.75. The SMILES string of the molecule is CCn1nccc1CNC1CCSc2ccc(F)cc21. The molecule has 1 N–H and O–H groups in total. The first-order valence-electron chi connectivity index (χ1n) is 6.94. The number of nitrogens with one attached hydrogen (secondary N) is 1. The lowest BCUT2D eigenvalue weighted by molar-refractivity contribution is 0.484. The molecule has 20 heavy (non-hydrogen) atoms. The fourth-order valence-electron chi connectivity index (χ4n) is 2.60. The molecule has 0 spiro atoms. The van der Waals surface area contributed by atoms with Crippen molar-refractivity contribution in [1.29, 1.82) is 0 Å². The summed E-state index contributed by atoms with van der Waals surface area (Å²) in [6.07, 6.45) is 2.85. The van der Waals surface area contributed by atoms with Crippen molar-refractivity contribution in [2.75, 3.05) is 5.75 Å². The van der Waals surface area contributed by atoms with Crippen molar-refractivity contribution >= 4 is 11.8 Å². The molecule has 0 fully saturated rings. The zero-order valence-corrected chi connectivity index (χ0v) is 12.3. The summed E-state index contributed by atoms with van der Waals surface area (Å²) in [6, 6.07) is 7.35. The third-order valence-corrected chi connectivity index (χ3v) is 4.77. The molecule has 0 amide bonds. The first-order chi connectivity index (χ1) is 9.78. The molecule has 1 atom stereocenters. The van der Waals surface area contributed by atoms with E-state index in [4.69, 9.17) is 0 Å². The van der Waals surface area contributed by atoms with Gasteiger partial charge in [0.25, 0.3) is 0 Å². The Morgan fingerprint density at radius 2 is 2.35 bits per heavy atom. The van der Waals surface area contributed by atoms with Gasteiger partial charge in [0.05, 0.1) is 5.69 Å². The lowest BCUT2D eigenvalue weighted by atomic mass is 10.0. The van der Waals surface area contributed by atoms with Crippen LogP contribution < -0.4 is 5.32 Å². The highest BCUT2D eigenvalue weighted by atomic mass is 32.2. The molecule has 3 nitrogen and oxygen atoms in total. The maximum absolute atomic E-state index is 13.4. The minimum Gasteiger partial charge on any atom is -0.304 e. The molecule has 0 saturated carbocycles. The lowest BCUT2D eigenvalue weighted by Crippen LogP contribution is -2.25. The van der Waals surface area contributed by atoms with Crippen molar-refractivity contribution in [2.45, 2.75) is 37.4 Å². The van der Waals surface area contributed by atoms with Gasteiger partial charge in [-0.3, -0.25) is 4.68 Å². The van der Waals surface area contributed by atoms with Crippen molar-refractivity contribution < 1.29 is 4.39 Å². The maximum Gasteiger partial charge on any atom is 0.123 e. The van der Waals surface area contributed by atoms with E-state index in [2.05, 4.69) is 17.3 Å². The summed E-state index contributed by atoms with van der Waals surface area (Å²) in [6.45, 7) is 3.72. The maximum atomic E-state index is 13.4. The van der Waals surface area contributed by atoms with Crippen LogP contribution in [0.3, 0.4) is 0 Å². The Hall–Kier alpha value is -1.33. The molecular formula is C15H18FN3S. The number of nitrogens with zero attached hydrogens (tertiary/aromatic N) is 2. The Kier molecular flexibility index (Phi) is 4.08. The van der Waals surface area contributed by atoms with E-state index in [9.17, 15) is 4.39 Å². The van der Waals surface area contributed by atoms with Gasteiger partial charge in [-0.05, 0) is 48.9 Å². The number of halogens is 1. The highest BCUT2D eigenvalue weighted by Crippen LogP contribution is 2.36. The van der Waals surface area contributed by atoms with Gasteiger partial charge in [-0.15, -0.1) is 11.8 Å². The van der Waals surface area contributed by atoms with Crippen molar-refractivity contribution in [3.63, 3.8) is 0 Å². The summed E-state index contributed by atoms with van der Waals surface area (Å²) in [5.41, 5.74) is 2.26. The number of thioether (sulfide) groups is 1. The first-order valence-corrected chi connectivity index (χ1v) is 7.93. The van der Waals surface area contributed by atoms with Crippen LogP contribution >= 0.6 is 11.8 Å². The number of aromatic nitrogens is 2. The van der Waals surface area contributed by atoms with Crippen LogP contribution in [0.5, 0.6) is 0 Å². The number of hydrogen-bond donors (Lipinski definition) is 1. The van der Waals surface area contributed by atoms with Gasteiger partial charge in [-0.2, -0.15) is 5.10 Å². The van der Waals surface area contributed by atoms with Crippen molar-refractivity contribution in [2.24, 2.45) is 0 Å². The monoisotopic (exact) mass is 291 g/mol. The summed E-state index contributed by atoms with van der Waals surface area (Å²) in [7, 11) is 0. The fourth-order valence-corrected chi connectivity index (χ4v) is 3.71. The highest BCUT2D eigenvalue weighted by Gasteiger charge is 2.21. The number of fused-ring (bicyclic) bond motifs is 1. The summed E-state index contributed by atoms with van der Waals surface area (Å²) < 4.78 is 15.4. The second kappa shape index (κ2) is 5.97. The molecule has 0 radical (unpaired) electrons. The van der Waals surface area contributed by atoms with Crippen LogP contribution in [0.4, 0.5) is 4.39 Å². The number of hydrogen-bond acceptors (Lipinski definition) is 3. The third kappa shape index (κ3) is 2.74. The Bertz CT molecular complexity index is 597. The van der Waals surface area contributed by atoms with Gasteiger partial charge >= 0.3 is 0 Å². The van der Waals surface area contributed by atoms with E-state index in [0.717, 1.165) is 30.8 Å². The van der Waals surface area contributed by atoms with Crippen LogP contribution in [0.25, 0.3) is 0 Å². The Morgan fingerprint density at radius 1 is 1.45 bits per heavy atom.